The van der Waals surface area contributed by atoms with Crippen molar-refractivity contribution in [1.29, 1.82) is 0 Å². The van der Waals surface area contributed by atoms with E-state index in [-0.39, 0.29) is 1.43 Å². The lowest BCUT2D eigenvalue weighted by Gasteiger charge is -2.01. The Morgan fingerprint density at radius 1 is 1.88 bits per heavy atom. The zero-order valence-corrected chi connectivity index (χ0v) is 5.18. The Hall–Kier alpha value is -0.730. The number of ether oxygens (including phenoxy) is 1. The molecule has 0 atom stereocenters. The predicted molar refractivity (Wildman–Crippen MR) is 32.5 cm³/mol. The number of hydrogen-bond donors (Lipinski definition) is 1. The zero-order valence-electron chi connectivity index (χ0n) is 5.18. The SMILES string of the molecule is CC(C)COC(N)=O.[HH]. The largest absolute Gasteiger partial charge is 0.449 e. The van der Waals surface area contributed by atoms with Gasteiger partial charge < -0.3 is 10.5 Å². The minimum Gasteiger partial charge on any atom is -0.449 e. The van der Waals surface area contributed by atoms with E-state index in [1.165, 1.54) is 0 Å². The van der Waals surface area contributed by atoms with E-state index in [9.17, 15) is 4.79 Å². The molecule has 50 valence electrons. The van der Waals surface area contributed by atoms with Gasteiger partial charge in [-0.2, -0.15) is 0 Å². The van der Waals surface area contributed by atoms with Crippen LogP contribution in [-0.4, -0.2) is 12.7 Å². The number of nitrogens with two attached hydrogens (primary N) is 1. The van der Waals surface area contributed by atoms with E-state index in [1.807, 2.05) is 13.8 Å². The van der Waals surface area contributed by atoms with E-state index in [0.717, 1.165) is 0 Å². The highest BCUT2D eigenvalue weighted by Crippen LogP contribution is 1.90. The number of carbonyl (C=O) groups is 1. The molecular formula is C5H13NO2. The second-order valence-electron chi connectivity index (χ2n) is 2.02. The van der Waals surface area contributed by atoms with Crippen LogP contribution in [0.2, 0.25) is 0 Å². The summed E-state index contributed by atoms with van der Waals surface area (Å²) in [5.41, 5.74) is 4.68. The van der Waals surface area contributed by atoms with Gasteiger partial charge in [-0.1, -0.05) is 13.8 Å². The highest BCUT2D eigenvalue weighted by Gasteiger charge is 1.95. The Morgan fingerprint density at radius 3 is 2.50 bits per heavy atom. The topological polar surface area (TPSA) is 52.3 Å². The van der Waals surface area contributed by atoms with E-state index in [0.29, 0.717) is 12.5 Å². The van der Waals surface area contributed by atoms with E-state index >= 15 is 0 Å². The normalized spacial score (nSPS) is 9.38. The first-order chi connectivity index (χ1) is 3.63. The van der Waals surface area contributed by atoms with E-state index < -0.39 is 6.09 Å². The van der Waals surface area contributed by atoms with Crippen molar-refractivity contribution < 1.29 is 11.0 Å². The minimum absolute atomic E-state index is 0. The molecule has 1 amide bonds. The number of hydrogen-bond acceptors (Lipinski definition) is 2. The van der Waals surface area contributed by atoms with Gasteiger partial charge in [-0.3, -0.25) is 0 Å². The Morgan fingerprint density at radius 2 is 2.38 bits per heavy atom. The quantitative estimate of drug-likeness (QED) is 0.589. The number of rotatable bonds is 2. The van der Waals surface area contributed by atoms with Crippen molar-refractivity contribution >= 4 is 6.09 Å². The number of amides is 1. The average molecular weight is 119 g/mol. The fraction of sp³-hybridized carbons (Fsp3) is 0.800. The van der Waals surface area contributed by atoms with Gasteiger partial charge in [0.05, 0.1) is 6.61 Å². The van der Waals surface area contributed by atoms with Crippen LogP contribution in [0.3, 0.4) is 0 Å². The number of primary amides is 1. The van der Waals surface area contributed by atoms with Gasteiger partial charge in [-0.15, -0.1) is 0 Å². The van der Waals surface area contributed by atoms with E-state index in [1.54, 1.807) is 0 Å². The van der Waals surface area contributed by atoms with Crippen LogP contribution in [0.5, 0.6) is 0 Å². The summed E-state index contributed by atoms with van der Waals surface area (Å²) < 4.78 is 4.44. The molecule has 0 bridgehead atoms. The van der Waals surface area contributed by atoms with Gasteiger partial charge in [0.1, 0.15) is 0 Å². The summed E-state index contributed by atoms with van der Waals surface area (Å²) in [6, 6.07) is 0. The lowest BCUT2D eigenvalue weighted by Crippen LogP contribution is -2.16. The highest BCUT2D eigenvalue weighted by molar-refractivity contribution is 5.64. The Bertz CT molecular complexity index is 85.0. The van der Waals surface area contributed by atoms with Crippen molar-refractivity contribution in [3.63, 3.8) is 0 Å². The summed E-state index contributed by atoms with van der Waals surface area (Å²) in [5.74, 6) is 0.363. The number of carbonyl (C=O) groups excluding carboxylic acids is 1. The fourth-order valence-electron chi connectivity index (χ4n) is 0.249. The molecule has 0 aromatic rings. The second-order valence-corrected chi connectivity index (χ2v) is 2.02. The van der Waals surface area contributed by atoms with Crippen molar-refractivity contribution in [2.24, 2.45) is 11.7 Å². The van der Waals surface area contributed by atoms with Gasteiger partial charge in [-0.25, -0.2) is 4.79 Å². The standard InChI is InChI=1S/C5H11NO2.H2/c1-4(2)3-8-5(6)7;/h4H,3H2,1-2H3,(H2,6,7);1H. The molecule has 0 aliphatic carbocycles. The molecule has 0 aromatic heterocycles. The lowest BCUT2D eigenvalue weighted by atomic mass is 10.2. The van der Waals surface area contributed by atoms with E-state index in [2.05, 4.69) is 10.5 Å². The fourth-order valence-corrected chi connectivity index (χ4v) is 0.249. The van der Waals surface area contributed by atoms with Crippen LogP contribution in [-0.2, 0) is 4.74 Å². The predicted octanol–water partition coefficient (Wildman–Crippen LogP) is 0.984. The molecule has 0 saturated heterocycles. The molecule has 2 N–H and O–H groups in total. The summed E-state index contributed by atoms with van der Waals surface area (Å²) in [6.07, 6.45) is -0.696. The lowest BCUT2D eigenvalue weighted by molar-refractivity contribution is 0.143. The molecule has 0 radical (unpaired) electrons. The molecule has 0 aromatic carbocycles. The van der Waals surface area contributed by atoms with Crippen LogP contribution >= 0.6 is 0 Å². The highest BCUT2D eigenvalue weighted by atomic mass is 16.5. The van der Waals surface area contributed by atoms with Crippen LogP contribution in [0.15, 0.2) is 0 Å². The summed E-state index contributed by atoms with van der Waals surface area (Å²) in [5, 5.41) is 0. The summed E-state index contributed by atoms with van der Waals surface area (Å²) in [7, 11) is 0. The third-order valence-electron chi connectivity index (χ3n) is 0.559. The van der Waals surface area contributed by atoms with Crippen molar-refractivity contribution in [3.8, 4) is 0 Å². The molecule has 0 fully saturated rings. The van der Waals surface area contributed by atoms with Crippen LogP contribution in [0, 0.1) is 5.92 Å². The van der Waals surface area contributed by atoms with Gasteiger partial charge in [0.15, 0.2) is 0 Å². The molecule has 0 spiro atoms. The van der Waals surface area contributed by atoms with Crippen molar-refractivity contribution in [3.05, 3.63) is 0 Å². The maximum Gasteiger partial charge on any atom is 0.404 e. The Kier molecular flexibility index (Phi) is 2.99. The summed E-state index contributed by atoms with van der Waals surface area (Å²) in [6.45, 7) is 4.31. The summed E-state index contributed by atoms with van der Waals surface area (Å²) >= 11 is 0. The molecule has 0 saturated carbocycles. The van der Waals surface area contributed by atoms with Crippen molar-refractivity contribution in [2.75, 3.05) is 6.61 Å². The monoisotopic (exact) mass is 119 g/mol. The van der Waals surface area contributed by atoms with Crippen LogP contribution < -0.4 is 5.73 Å². The van der Waals surface area contributed by atoms with Crippen LogP contribution in [0.25, 0.3) is 0 Å². The van der Waals surface area contributed by atoms with Gasteiger partial charge >= 0.3 is 6.09 Å². The third-order valence-corrected chi connectivity index (χ3v) is 0.559. The van der Waals surface area contributed by atoms with Gasteiger partial charge in [-0.05, 0) is 5.92 Å². The Labute approximate surface area is 50.3 Å². The van der Waals surface area contributed by atoms with Crippen molar-refractivity contribution in [2.45, 2.75) is 13.8 Å². The molecular weight excluding hydrogens is 106 g/mol. The summed E-state index contributed by atoms with van der Waals surface area (Å²) in [4.78, 5) is 9.90. The van der Waals surface area contributed by atoms with Gasteiger partial charge in [0.2, 0.25) is 0 Å². The van der Waals surface area contributed by atoms with Crippen LogP contribution in [0.1, 0.15) is 15.3 Å². The average Bonchev–Trinajstić information content (AvgIpc) is 1.61. The first-order valence-corrected chi connectivity index (χ1v) is 2.55. The maximum atomic E-state index is 9.90. The minimum atomic E-state index is -0.696. The molecule has 0 aliphatic heterocycles. The van der Waals surface area contributed by atoms with Gasteiger partial charge in [0.25, 0.3) is 0 Å². The van der Waals surface area contributed by atoms with Crippen molar-refractivity contribution in [1.82, 2.24) is 0 Å². The molecule has 0 aliphatic rings. The second kappa shape index (κ2) is 3.29. The first-order valence-electron chi connectivity index (χ1n) is 2.55. The zero-order chi connectivity index (χ0) is 6.57. The van der Waals surface area contributed by atoms with E-state index in [4.69, 9.17) is 0 Å². The molecule has 0 rings (SSSR count). The van der Waals surface area contributed by atoms with Gasteiger partial charge in [0, 0.05) is 1.43 Å². The first kappa shape index (κ1) is 7.27. The third kappa shape index (κ3) is 5.27. The van der Waals surface area contributed by atoms with Crippen LogP contribution in [0.4, 0.5) is 4.79 Å². The maximum absolute atomic E-state index is 9.90. The Balaban J connectivity index is 0. The molecule has 0 heterocycles. The molecule has 3 heteroatoms. The smallest absolute Gasteiger partial charge is 0.404 e. The molecule has 3 nitrogen and oxygen atoms in total. The molecule has 0 unspecified atom stereocenters. The molecule has 8 heavy (non-hydrogen) atoms.